The van der Waals surface area contributed by atoms with Crippen LogP contribution in [0.15, 0.2) is 65.7 Å². The molecule has 0 aliphatic carbocycles. The number of anilines is 2. The molecule has 1 saturated heterocycles. The van der Waals surface area contributed by atoms with Crippen molar-refractivity contribution in [3.63, 3.8) is 0 Å². The van der Waals surface area contributed by atoms with Crippen molar-refractivity contribution >= 4 is 29.3 Å². The van der Waals surface area contributed by atoms with E-state index < -0.39 is 0 Å². The zero-order valence-electron chi connectivity index (χ0n) is 18.0. The number of benzene rings is 1. The molecular weight excluding hydrogens is 424 g/mol. The van der Waals surface area contributed by atoms with Gasteiger partial charge in [-0.3, -0.25) is 4.79 Å². The summed E-state index contributed by atoms with van der Waals surface area (Å²) in [4.78, 5) is 22.1. The van der Waals surface area contributed by atoms with Crippen molar-refractivity contribution in [2.45, 2.75) is 11.4 Å². The molecule has 0 bridgehead atoms. The van der Waals surface area contributed by atoms with Crippen LogP contribution < -0.4 is 19.9 Å². The first-order chi connectivity index (χ1) is 15.7. The zero-order chi connectivity index (χ0) is 22.2. The summed E-state index contributed by atoms with van der Waals surface area (Å²) in [6.07, 6.45) is 3.84. The number of nitrogens with one attached hydrogen (secondary N) is 1. The molecule has 0 saturated carbocycles. The molecule has 3 aromatic rings. The normalized spacial score (nSPS) is 13.7. The predicted octanol–water partition coefficient (Wildman–Crippen LogP) is 2.62. The SMILES string of the molecule is CSc1cccc(CNC(=O)COc2ccc(N3CCN(c4ccccn4)CC3)nn2)c1. The van der Waals surface area contributed by atoms with Gasteiger partial charge in [-0.2, -0.15) is 0 Å². The van der Waals surface area contributed by atoms with Gasteiger partial charge in [0.1, 0.15) is 5.82 Å². The lowest BCUT2D eigenvalue weighted by Crippen LogP contribution is -2.47. The van der Waals surface area contributed by atoms with Crippen LogP contribution in [0.3, 0.4) is 0 Å². The van der Waals surface area contributed by atoms with E-state index in [1.54, 1.807) is 17.8 Å². The molecule has 0 unspecified atom stereocenters. The topological polar surface area (TPSA) is 83.5 Å². The van der Waals surface area contributed by atoms with Crippen molar-refractivity contribution in [1.29, 1.82) is 0 Å². The Hall–Kier alpha value is -3.33. The Bertz CT molecular complexity index is 1010. The lowest BCUT2D eigenvalue weighted by molar-refractivity contribution is -0.123. The standard InChI is InChI=1S/C23H26N6O2S/c1-32-19-6-4-5-18(15-19)16-25-22(30)17-31-23-9-8-21(26-27-23)29-13-11-28(12-14-29)20-7-2-3-10-24-20/h2-10,15H,11-14,16-17H2,1H3,(H,25,30). The van der Waals surface area contributed by atoms with Crippen molar-refractivity contribution in [3.05, 3.63) is 66.4 Å². The summed E-state index contributed by atoms with van der Waals surface area (Å²) in [5.41, 5.74) is 1.05. The number of hydrogen-bond acceptors (Lipinski definition) is 8. The second-order valence-electron chi connectivity index (χ2n) is 7.31. The molecule has 1 aliphatic heterocycles. The van der Waals surface area contributed by atoms with Crippen LogP contribution in [0.5, 0.6) is 5.88 Å². The second-order valence-corrected chi connectivity index (χ2v) is 8.19. The number of thioether (sulfide) groups is 1. The highest BCUT2D eigenvalue weighted by Crippen LogP contribution is 2.18. The van der Waals surface area contributed by atoms with Gasteiger partial charge < -0.3 is 19.9 Å². The van der Waals surface area contributed by atoms with Gasteiger partial charge in [0.05, 0.1) is 0 Å². The van der Waals surface area contributed by atoms with E-state index in [0.29, 0.717) is 12.4 Å². The van der Waals surface area contributed by atoms with E-state index in [4.69, 9.17) is 4.74 Å². The monoisotopic (exact) mass is 450 g/mol. The quantitative estimate of drug-likeness (QED) is 0.525. The Morgan fingerprint density at radius 3 is 2.50 bits per heavy atom. The fourth-order valence-electron chi connectivity index (χ4n) is 3.44. The molecule has 1 aliphatic rings. The van der Waals surface area contributed by atoms with Gasteiger partial charge in [-0.05, 0) is 42.2 Å². The number of aromatic nitrogens is 3. The summed E-state index contributed by atoms with van der Waals surface area (Å²) >= 11 is 1.67. The highest BCUT2D eigenvalue weighted by molar-refractivity contribution is 7.98. The first kappa shape index (κ1) is 21.9. The van der Waals surface area contributed by atoms with Crippen molar-refractivity contribution in [2.75, 3.05) is 48.8 Å². The molecule has 32 heavy (non-hydrogen) atoms. The number of ether oxygens (including phenoxy) is 1. The van der Waals surface area contributed by atoms with Gasteiger partial charge in [0.25, 0.3) is 5.91 Å². The first-order valence-corrected chi connectivity index (χ1v) is 11.7. The Labute approximate surface area is 192 Å². The molecule has 1 amide bonds. The number of carbonyl (C=O) groups is 1. The third-order valence-corrected chi connectivity index (χ3v) is 5.90. The van der Waals surface area contributed by atoms with Gasteiger partial charge >= 0.3 is 0 Å². The van der Waals surface area contributed by atoms with Crippen LogP contribution in [0.25, 0.3) is 0 Å². The molecule has 1 aromatic carbocycles. The van der Waals surface area contributed by atoms with Crippen molar-refractivity contribution in [2.24, 2.45) is 0 Å². The zero-order valence-corrected chi connectivity index (χ0v) is 18.8. The van der Waals surface area contributed by atoms with Gasteiger partial charge in [-0.15, -0.1) is 22.0 Å². The van der Waals surface area contributed by atoms with Crippen LogP contribution in [0, 0.1) is 0 Å². The Balaban J connectivity index is 1.21. The summed E-state index contributed by atoms with van der Waals surface area (Å²) in [6, 6.07) is 17.7. The number of hydrogen-bond donors (Lipinski definition) is 1. The van der Waals surface area contributed by atoms with E-state index in [1.807, 2.05) is 54.9 Å². The van der Waals surface area contributed by atoms with Crippen LogP contribution in [0.2, 0.25) is 0 Å². The van der Waals surface area contributed by atoms with Gasteiger partial charge in [-0.1, -0.05) is 18.2 Å². The molecule has 166 valence electrons. The third-order valence-electron chi connectivity index (χ3n) is 5.18. The minimum absolute atomic E-state index is 0.0982. The molecule has 1 fully saturated rings. The molecule has 4 rings (SSSR count). The van der Waals surface area contributed by atoms with Crippen LogP contribution >= 0.6 is 11.8 Å². The number of carbonyl (C=O) groups excluding carboxylic acids is 1. The summed E-state index contributed by atoms with van der Waals surface area (Å²) < 4.78 is 5.49. The molecule has 8 nitrogen and oxygen atoms in total. The highest BCUT2D eigenvalue weighted by Gasteiger charge is 2.19. The van der Waals surface area contributed by atoms with Crippen molar-refractivity contribution in [3.8, 4) is 5.88 Å². The van der Waals surface area contributed by atoms with Gasteiger partial charge in [0.2, 0.25) is 5.88 Å². The minimum atomic E-state index is -0.198. The summed E-state index contributed by atoms with van der Waals surface area (Å²) in [5, 5.41) is 11.3. The first-order valence-electron chi connectivity index (χ1n) is 10.5. The average Bonchev–Trinajstić information content (AvgIpc) is 2.87. The predicted molar refractivity (Wildman–Crippen MR) is 126 cm³/mol. The van der Waals surface area contributed by atoms with Crippen molar-refractivity contribution in [1.82, 2.24) is 20.5 Å². The number of nitrogens with zero attached hydrogens (tertiary/aromatic N) is 5. The van der Waals surface area contributed by atoms with E-state index in [1.165, 1.54) is 4.90 Å². The van der Waals surface area contributed by atoms with Crippen molar-refractivity contribution < 1.29 is 9.53 Å². The fourth-order valence-corrected chi connectivity index (χ4v) is 3.92. The molecule has 0 spiro atoms. The molecule has 1 N–H and O–H groups in total. The van der Waals surface area contributed by atoms with Gasteiger partial charge in [-0.25, -0.2) is 4.98 Å². The maximum Gasteiger partial charge on any atom is 0.258 e. The van der Waals surface area contributed by atoms with E-state index in [9.17, 15) is 4.79 Å². The smallest absolute Gasteiger partial charge is 0.258 e. The lowest BCUT2D eigenvalue weighted by Gasteiger charge is -2.35. The lowest BCUT2D eigenvalue weighted by atomic mass is 10.2. The van der Waals surface area contributed by atoms with Gasteiger partial charge in [0.15, 0.2) is 12.4 Å². The summed E-state index contributed by atoms with van der Waals surface area (Å²) in [5.74, 6) is 1.94. The largest absolute Gasteiger partial charge is 0.466 e. The Kier molecular flexibility index (Phi) is 7.39. The van der Waals surface area contributed by atoms with E-state index >= 15 is 0 Å². The molecular formula is C23H26N6O2S. The van der Waals surface area contributed by atoms with Crippen LogP contribution in [-0.2, 0) is 11.3 Å². The van der Waals surface area contributed by atoms with Crippen LogP contribution in [0.1, 0.15) is 5.56 Å². The molecule has 9 heteroatoms. The summed E-state index contributed by atoms with van der Waals surface area (Å²) in [7, 11) is 0. The number of pyridine rings is 1. The number of amides is 1. The second kappa shape index (κ2) is 10.8. The fraction of sp³-hybridized carbons (Fsp3) is 0.304. The maximum atomic E-state index is 12.1. The third kappa shape index (κ3) is 5.88. The summed E-state index contributed by atoms with van der Waals surface area (Å²) in [6.45, 7) is 3.79. The Morgan fingerprint density at radius 2 is 1.81 bits per heavy atom. The average molecular weight is 451 g/mol. The molecule has 0 atom stereocenters. The van der Waals surface area contributed by atoms with E-state index in [2.05, 4.69) is 36.4 Å². The van der Waals surface area contributed by atoms with E-state index in [-0.39, 0.29) is 12.5 Å². The minimum Gasteiger partial charge on any atom is -0.466 e. The van der Waals surface area contributed by atoms with E-state index in [0.717, 1.165) is 43.4 Å². The van der Waals surface area contributed by atoms with Gasteiger partial charge in [0, 0.05) is 49.9 Å². The molecule has 2 aromatic heterocycles. The van der Waals surface area contributed by atoms with Crippen LogP contribution in [-0.4, -0.2) is 60.1 Å². The maximum absolute atomic E-state index is 12.1. The van der Waals surface area contributed by atoms with Crippen LogP contribution in [0.4, 0.5) is 11.6 Å². The molecule has 0 radical (unpaired) electrons. The number of piperazine rings is 1. The molecule has 3 heterocycles. The highest BCUT2D eigenvalue weighted by atomic mass is 32.2. The Morgan fingerprint density at radius 1 is 1.00 bits per heavy atom. The number of rotatable bonds is 8.